The van der Waals surface area contributed by atoms with E-state index in [0.29, 0.717) is 18.2 Å². The molecule has 0 saturated carbocycles. The Hall–Kier alpha value is -3.54. The van der Waals surface area contributed by atoms with E-state index in [2.05, 4.69) is 5.32 Å². The molecule has 3 rings (SSSR count). The molecule has 0 spiro atoms. The molecule has 0 bridgehead atoms. The number of nitrogens with one attached hydrogen (secondary N) is 1. The van der Waals surface area contributed by atoms with Crippen molar-refractivity contribution in [1.82, 2.24) is 4.98 Å². The average Bonchev–Trinajstić information content (AvgIpc) is 2.73. The number of carbonyl (C=O) groups is 1. The highest BCUT2D eigenvalue weighted by Crippen LogP contribution is 2.27. The first-order valence-electron chi connectivity index (χ1n) is 10.2. The molecule has 0 aliphatic carbocycles. The van der Waals surface area contributed by atoms with Gasteiger partial charge in [0.15, 0.2) is 6.10 Å². The number of ether oxygens (including phenoxy) is 2. The Morgan fingerprint density at radius 3 is 2.32 bits per heavy atom. The molecule has 1 aromatic heterocycles. The van der Waals surface area contributed by atoms with Crippen LogP contribution in [0, 0.1) is 0 Å². The second-order valence-corrected chi connectivity index (χ2v) is 8.22. The van der Waals surface area contributed by atoms with Crippen molar-refractivity contribution in [2.24, 2.45) is 0 Å². The van der Waals surface area contributed by atoms with E-state index in [0.717, 1.165) is 22.5 Å². The molecular formula is C25H28N2O4. The highest BCUT2D eigenvalue weighted by molar-refractivity contribution is 5.72. The van der Waals surface area contributed by atoms with Gasteiger partial charge in [0.2, 0.25) is 5.88 Å². The van der Waals surface area contributed by atoms with Crippen LogP contribution < -0.4 is 14.8 Å². The molecule has 162 valence electrons. The SMILES string of the molecule is CC(Oc1ccc(NCc2ccc(-c3ccccc3)nc2OC(C)(C)C)cc1)C(=O)O. The number of pyridine rings is 1. The van der Waals surface area contributed by atoms with Crippen molar-refractivity contribution in [2.75, 3.05) is 5.32 Å². The van der Waals surface area contributed by atoms with Crippen molar-refractivity contribution in [3.05, 3.63) is 72.3 Å². The number of hydrogen-bond acceptors (Lipinski definition) is 5. The summed E-state index contributed by atoms with van der Waals surface area (Å²) >= 11 is 0. The molecule has 2 aromatic carbocycles. The van der Waals surface area contributed by atoms with Gasteiger partial charge in [-0.15, -0.1) is 0 Å². The first-order chi connectivity index (χ1) is 14.7. The van der Waals surface area contributed by atoms with Crippen LogP contribution in [-0.2, 0) is 11.3 Å². The van der Waals surface area contributed by atoms with Gasteiger partial charge in [-0.05, 0) is 64.1 Å². The second-order valence-electron chi connectivity index (χ2n) is 8.22. The normalized spacial score (nSPS) is 12.1. The van der Waals surface area contributed by atoms with E-state index in [1.807, 2.05) is 75.4 Å². The lowest BCUT2D eigenvalue weighted by Gasteiger charge is -2.23. The molecule has 0 radical (unpaired) electrons. The highest BCUT2D eigenvalue weighted by atomic mass is 16.5. The minimum absolute atomic E-state index is 0.378. The second kappa shape index (κ2) is 9.51. The number of anilines is 1. The third-order valence-electron chi connectivity index (χ3n) is 4.41. The molecular weight excluding hydrogens is 392 g/mol. The molecule has 0 saturated heterocycles. The van der Waals surface area contributed by atoms with Crippen LogP contribution in [0.3, 0.4) is 0 Å². The first-order valence-corrected chi connectivity index (χ1v) is 10.2. The molecule has 2 N–H and O–H groups in total. The molecule has 31 heavy (non-hydrogen) atoms. The Bertz CT molecular complexity index is 1010. The van der Waals surface area contributed by atoms with Gasteiger partial charge < -0.3 is 19.9 Å². The number of carboxylic acid groups (broad SMARTS) is 1. The van der Waals surface area contributed by atoms with E-state index >= 15 is 0 Å². The molecule has 6 nitrogen and oxygen atoms in total. The number of hydrogen-bond donors (Lipinski definition) is 2. The van der Waals surface area contributed by atoms with Crippen molar-refractivity contribution in [3.63, 3.8) is 0 Å². The van der Waals surface area contributed by atoms with Crippen molar-refractivity contribution >= 4 is 11.7 Å². The number of benzene rings is 2. The van der Waals surface area contributed by atoms with Crippen LogP contribution >= 0.6 is 0 Å². The fourth-order valence-electron chi connectivity index (χ4n) is 2.86. The van der Waals surface area contributed by atoms with Crippen LogP contribution in [0.15, 0.2) is 66.7 Å². The number of rotatable bonds is 8. The monoisotopic (exact) mass is 420 g/mol. The maximum atomic E-state index is 10.9. The quantitative estimate of drug-likeness (QED) is 0.509. The lowest BCUT2D eigenvalue weighted by molar-refractivity contribution is -0.144. The topological polar surface area (TPSA) is 80.7 Å². The molecule has 0 aliphatic rings. The summed E-state index contributed by atoms with van der Waals surface area (Å²) in [6.45, 7) is 8.02. The maximum Gasteiger partial charge on any atom is 0.344 e. The van der Waals surface area contributed by atoms with E-state index in [9.17, 15) is 4.79 Å². The van der Waals surface area contributed by atoms with Gasteiger partial charge in [0.05, 0.1) is 5.69 Å². The fourth-order valence-corrected chi connectivity index (χ4v) is 2.86. The van der Waals surface area contributed by atoms with Crippen LogP contribution in [-0.4, -0.2) is 27.8 Å². The van der Waals surface area contributed by atoms with Crippen molar-refractivity contribution < 1.29 is 19.4 Å². The van der Waals surface area contributed by atoms with Crippen LogP contribution in [0.4, 0.5) is 5.69 Å². The Morgan fingerprint density at radius 2 is 1.71 bits per heavy atom. The molecule has 0 fully saturated rings. The maximum absolute atomic E-state index is 10.9. The summed E-state index contributed by atoms with van der Waals surface area (Å²) in [6, 6.07) is 21.2. The Kier molecular flexibility index (Phi) is 6.80. The molecule has 1 atom stereocenters. The van der Waals surface area contributed by atoms with Gasteiger partial charge in [0.1, 0.15) is 11.4 Å². The number of aliphatic carboxylic acids is 1. The summed E-state index contributed by atoms with van der Waals surface area (Å²) in [7, 11) is 0. The lowest BCUT2D eigenvalue weighted by atomic mass is 10.1. The fraction of sp³-hybridized carbons (Fsp3) is 0.280. The van der Waals surface area contributed by atoms with E-state index in [4.69, 9.17) is 19.6 Å². The third kappa shape index (κ3) is 6.47. The van der Waals surface area contributed by atoms with Gasteiger partial charge in [0, 0.05) is 23.4 Å². The van der Waals surface area contributed by atoms with Gasteiger partial charge in [-0.2, -0.15) is 0 Å². The molecule has 3 aromatic rings. The Labute approximate surface area is 182 Å². The van der Waals surface area contributed by atoms with Crippen LogP contribution in [0.1, 0.15) is 33.3 Å². The molecule has 0 aliphatic heterocycles. The summed E-state index contributed by atoms with van der Waals surface area (Å²) in [5.41, 5.74) is 3.33. The van der Waals surface area contributed by atoms with E-state index < -0.39 is 12.1 Å². The van der Waals surface area contributed by atoms with E-state index in [1.54, 1.807) is 12.1 Å². The molecule has 1 heterocycles. The van der Waals surface area contributed by atoms with Gasteiger partial charge in [-0.25, -0.2) is 9.78 Å². The van der Waals surface area contributed by atoms with Crippen LogP contribution in [0.2, 0.25) is 0 Å². The smallest absolute Gasteiger partial charge is 0.344 e. The van der Waals surface area contributed by atoms with Gasteiger partial charge >= 0.3 is 5.97 Å². The van der Waals surface area contributed by atoms with E-state index in [1.165, 1.54) is 6.92 Å². The summed E-state index contributed by atoms with van der Waals surface area (Å²) in [6.07, 6.45) is -0.898. The summed E-state index contributed by atoms with van der Waals surface area (Å²) in [5.74, 6) is 0.0997. The van der Waals surface area contributed by atoms with Crippen LogP contribution in [0.5, 0.6) is 11.6 Å². The lowest BCUT2D eigenvalue weighted by Crippen LogP contribution is -2.24. The van der Waals surface area contributed by atoms with Crippen molar-refractivity contribution in [3.8, 4) is 22.9 Å². The number of aromatic nitrogens is 1. The molecule has 0 amide bonds. The van der Waals surface area contributed by atoms with Gasteiger partial charge in [-0.1, -0.05) is 30.3 Å². The number of nitrogens with zero attached hydrogens (tertiary/aromatic N) is 1. The highest BCUT2D eigenvalue weighted by Gasteiger charge is 2.17. The standard InChI is InChI=1S/C25H28N2O4/c1-17(24(28)29)30-21-13-11-20(12-14-21)26-16-19-10-15-22(18-8-6-5-7-9-18)27-23(19)31-25(2,3)4/h5-15,17,26H,16H2,1-4H3,(H,28,29). The van der Waals surface area contributed by atoms with Crippen molar-refractivity contribution in [1.29, 1.82) is 0 Å². The van der Waals surface area contributed by atoms with Crippen molar-refractivity contribution in [2.45, 2.75) is 45.9 Å². The average molecular weight is 421 g/mol. The van der Waals surface area contributed by atoms with E-state index in [-0.39, 0.29) is 5.60 Å². The zero-order valence-electron chi connectivity index (χ0n) is 18.3. The zero-order chi connectivity index (χ0) is 22.4. The largest absolute Gasteiger partial charge is 0.479 e. The third-order valence-corrected chi connectivity index (χ3v) is 4.41. The predicted molar refractivity (Wildman–Crippen MR) is 122 cm³/mol. The molecule has 1 unspecified atom stereocenters. The van der Waals surface area contributed by atoms with Gasteiger partial charge in [-0.3, -0.25) is 0 Å². The first kappa shape index (κ1) is 22.2. The minimum Gasteiger partial charge on any atom is -0.479 e. The predicted octanol–water partition coefficient (Wildman–Crippen LogP) is 5.39. The summed E-state index contributed by atoms with van der Waals surface area (Å²) in [5, 5.41) is 12.3. The van der Waals surface area contributed by atoms with Crippen LogP contribution in [0.25, 0.3) is 11.3 Å². The molecule has 6 heteroatoms. The Morgan fingerprint density at radius 1 is 1.03 bits per heavy atom. The summed E-state index contributed by atoms with van der Waals surface area (Å²) < 4.78 is 11.5. The minimum atomic E-state index is -1.000. The Balaban J connectivity index is 1.75. The number of carboxylic acids is 1. The van der Waals surface area contributed by atoms with Gasteiger partial charge in [0.25, 0.3) is 0 Å². The summed E-state index contributed by atoms with van der Waals surface area (Å²) in [4.78, 5) is 15.7. The zero-order valence-corrected chi connectivity index (χ0v) is 18.3.